The van der Waals surface area contributed by atoms with Gasteiger partial charge in [-0.1, -0.05) is 0 Å². The minimum Gasteiger partial charge on any atom is -0.476 e. The molecule has 1 aliphatic rings. The minimum absolute atomic E-state index is 0.112. The zero-order chi connectivity index (χ0) is 10.3. The van der Waals surface area contributed by atoms with Gasteiger partial charge in [-0.2, -0.15) is 0 Å². The van der Waals surface area contributed by atoms with Gasteiger partial charge in [-0.3, -0.25) is 0 Å². The second-order valence-electron chi connectivity index (χ2n) is 3.59. The number of aromatic nitrogens is 2. The summed E-state index contributed by atoms with van der Waals surface area (Å²) in [4.78, 5) is 14.9. The fourth-order valence-corrected chi connectivity index (χ4v) is 2.05. The maximum absolute atomic E-state index is 10.9. The zero-order valence-electron chi connectivity index (χ0n) is 8.03. The molecule has 0 bridgehead atoms. The lowest BCUT2D eigenvalue weighted by molar-refractivity contribution is 0.0689. The van der Waals surface area contributed by atoms with Crippen LogP contribution in [0.25, 0.3) is 0 Å². The van der Waals surface area contributed by atoms with E-state index in [9.17, 15) is 4.79 Å². The molecule has 2 rings (SSSR count). The first-order valence-electron chi connectivity index (χ1n) is 4.68. The van der Waals surface area contributed by atoms with Gasteiger partial charge < -0.3 is 15.4 Å². The summed E-state index contributed by atoms with van der Waals surface area (Å²) in [7, 11) is 0. The number of hydrogen-bond acceptors (Lipinski definition) is 3. The normalized spacial score (nSPS) is 20.6. The molecule has 1 unspecified atom stereocenters. The Bertz CT molecular complexity index is 384. The van der Waals surface area contributed by atoms with E-state index in [4.69, 9.17) is 10.8 Å². The van der Waals surface area contributed by atoms with E-state index in [0.29, 0.717) is 5.82 Å². The van der Waals surface area contributed by atoms with E-state index < -0.39 is 5.97 Å². The number of aromatic carboxylic acids is 1. The van der Waals surface area contributed by atoms with Crippen LogP contribution in [-0.4, -0.2) is 20.6 Å². The van der Waals surface area contributed by atoms with Crippen LogP contribution in [0.2, 0.25) is 0 Å². The van der Waals surface area contributed by atoms with E-state index in [1.165, 1.54) is 0 Å². The Hall–Kier alpha value is -1.36. The summed E-state index contributed by atoms with van der Waals surface area (Å²) in [5.74, 6) is -0.263. The van der Waals surface area contributed by atoms with Gasteiger partial charge >= 0.3 is 5.97 Å². The molecular weight excluding hydrogens is 182 g/mol. The highest BCUT2D eigenvalue weighted by atomic mass is 16.4. The molecule has 0 spiro atoms. The van der Waals surface area contributed by atoms with Crippen molar-refractivity contribution in [1.82, 2.24) is 9.55 Å². The van der Waals surface area contributed by atoms with Gasteiger partial charge in [0.1, 0.15) is 5.82 Å². The van der Waals surface area contributed by atoms with Gasteiger partial charge in [0.2, 0.25) is 0 Å². The second-order valence-corrected chi connectivity index (χ2v) is 3.59. The van der Waals surface area contributed by atoms with Gasteiger partial charge in [-0.05, 0) is 26.2 Å². The minimum atomic E-state index is -0.962. The molecule has 5 heteroatoms. The maximum Gasteiger partial charge on any atom is 0.356 e. The summed E-state index contributed by atoms with van der Waals surface area (Å²) in [5, 5.41) is 8.92. The molecule has 0 saturated heterocycles. The number of imidazole rings is 1. The first-order chi connectivity index (χ1) is 6.61. The third-order valence-corrected chi connectivity index (χ3v) is 2.63. The third kappa shape index (κ3) is 1.21. The quantitative estimate of drug-likeness (QED) is 0.690. The molecule has 14 heavy (non-hydrogen) atoms. The SMILES string of the molecule is Cc1nc(C(=O)O)c2n1C(N)CCC2. The van der Waals surface area contributed by atoms with Crippen molar-refractivity contribution in [1.29, 1.82) is 0 Å². The smallest absolute Gasteiger partial charge is 0.356 e. The average molecular weight is 195 g/mol. The third-order valence-electron chi connectivity index (χ3n) is 2.63. The van der Waals surface area contributed by atoms with Crippen molar-refractivity contribution in [2.45, 2.75) is 32.4 Å². The number of nitrogens with zero attached hydrogens (tertiary/aromatic N) is 2. The Balaban J connectivity index is 2.57. The van der Waals surface area contributed by atoms with E-state index in [2.05, 4.69) is 4.98 Å². The van der Waals surface area contributed by atoms with Crippen LogP contribution in [-0.2, 0) is 6.42 Å². The molecule has 0 fully saturated rings. The molecule has 1 aromatic heterocycles. The highest BCUT2D eigenvalue weighted by molar-refractivity contribution is 5.86. The molecule has 0 amide bonds. The van der Waals surface area contributed by atoms with Gasteiger partial charge in [-0.25, -0.2) is 9.78 Å². The number of carboxylic acids is 1. The lowest BCUT2D eigenvalue weighted by Crippen LogP contribution is -2.26. The summed E-state index contributed by atoms with van der Waals surface area (Å²) in [6.45, 7) is 1.79. The van der Waals surface area contributed by atoms with Crippen LogP contribution in [0.5, 0.6) is 0 Å². The summed E-state index contributed by atoms with van der Waals surface area (Å²) in [6.07, 6.45) is 2.48. The van der Waals surface area contributed by atoms with E-state index in [1.54, 1.807) is 6.92 Å². The molecule has 1 aromatic rings. The van der Waals surface area contributed by atoms with Crippen molar-refractivity contribution in [3.63, 3.8) is 0 Å². The first kappa shape index (κ1) is 9.21. The number of rotatable bonds is 1. The van der Waals surface area contributed by atoms with Crippen LogP contribution in [0.1, 0.15) is 41.0 Å². The molecule has 76 valence electrons. The van der Waals surface area contributed by atoms with Gasteiger partial charge in [0.25, 0.3) is 0 Å². The second kappa shape index (κ2) is 3.09. The van der Waals surface area contributed by atoms with Crippen molar-refractivity contribution in [2.24, 2.45) is 5.73 Å². The molecule has 3 N–H and O–H groups in total. The molecule has 2 heterocycles. The number of carboxylic acid groups (broad SMARTS) is 1. The van der Waals surface area contributed by atoms with Crippen LogP contribution in [0.4, 0.5) is 0 Å². The molecule has 0 saturated carbocycles. The van der Waals surface area contributed by atoms with E-state index in [-0.39, 0.29) is 11.9 Å². The number of hydrogen-bond donors (Lipinski definition) is 2. The number of fused-ring (bicyclic) bond motifs is 1. The standard InChI is InChI=1S/C9H13N3O2/c1-5-11-8(9(13)14)6-3-2-4-7(10)12(5)6/h7H,2-4,10H2,1H3,(H,13,14). The van der Waals surface area contributed by atoms with Crippen LogP contribution in [0.3, 0.4) is 0 Å². The predicted octanol–water partition coefficient (Wildman–Crippen LogP) is 0.683. The van der Waals surface area contributed by atoms with Crippen LogP contribution in [0, 0.1) is 6.92 Å². The molecule has 0 radical (unpaired) electrons. The number of nitrogens with two attached hydrogens (primary N) is 1. The van der Waals surface area contributed by atoms with Crippen LogP contribution >= 0.6 is 0 Å². The molecule has 0 aromatic carbocycles. The lowest BCUT2D eigenvalue weighted by atomic mass is 10.1. The van der Waals surface area contributed by atoms with Crippen molar-refractivity contribution >= 4 is 5.97 Å². The summed E-state index contributed by atoms with van der Waals surface area (Å²) < 4.78 is 1.84. The van der Waals surface area contributed by atoms with Gasteiger partial charge in [0.05, 0.1) is 11.9 Å². The summed E-state index contributed by atoms with van der Waals surface area (Å²) >= 11 is 0. The van der Waals surface area contributed by atoms with E-state index in [0.717, 1.165) is 25.0 Å². The zero-order valence-corrected chi connectivity index (χ0v) is 8.03. The van der Waals surface area contributed by atoms with Gasteiger partial charge in [-0.15, -0.1) is 0 Å². The molecule has 5 nitrogen and oxygen atoms in total. The van der Waals surface area contributed by atoms with Crippen molar-refractivity contribution in [3.8, 4) is 0 Å². The predicted molar refractivity (Wildman–Crippen MR) is 50.1 cm³/mol. The Morgan fingerprint density at radius 2 is 2.43 bits per heavy atom. The largest absolute Gasteiger partial charge is 0.476 e. The highest BCUT2D eigenvalue weighted by Gasteiger charge is 2.25. The van der Waals surface area contributed by atoms with E-state index in [1.807, 2.05) is 4.57 Å². The summed E-state index contributed by atoms with van der Waals surface area (Å²) in [5.41, 5.74) is 6.83. The molecule has 0 aliphatic carbocycles. The topological polar surface area (TPSA) is 81.1 Å². The Morgan fingerprint density at radius 3 is 3.07 bits per heavy atom. The number of aryl methyl sites for hydroxylation is 1. The molecular formula is C9H13N3O2. The van der Waals surface area contributed by atoms with Crippen molar-refractivity contribution in [2.75, 3.05) is 0 Å². The fourth-order valence-electron chi connectivity index (χ4n) is 2.05. The number of carbonyl (C=O) groups is 1. The highest BCUT2D eigenvalue weighted by Crippen LogP contribution is 2.25. The Kier molecular flexibility index (Phi) is 2.03. The Morgan fingerprint density at radius 1 is 1.71 bits per heavy atom. The molecule has 1 aliphatic heterocycles. The van der Waals surface area contributed by atoms with Gasteiger partial charge in [0.15, 0.2) is 5.69 Å². The average Bonchev–Trinajstić information content (AvgIpc) is 2.45. The van der Waals surface area contributed by atoms with Gasteiger partial charge in [0, 0.05) is 0 Å². The summed E-state index contributed by atoms with van der Waals surface area (Å²) in [6, 6.07) is 0. The van der Waals surface area contributed by atoms with Crippen molar-refractivity contribution < 1.29 is 9.90 Å². The molecule has 1 atom stereocenters. The maximum atomic E-state index is 10.9. The van der Waals surface area contributed by atoms with Crippen LogP contribution < -0.4 is 5.73 Å². The monoisotopic (exact) mass is 195 g/mol. The first-order valence-corrected chi connectivity index (χ1v) is 4.68. The fraction of sp³-hybridized carbons (Fsp3) is 0.556. The van der Waals surface area contributed by atoms with Crippen LogP contribution in [0.15, 0.2) is 0 Å². The lowest BCUT2D eigenvalue weighted by Gasteiger charge is -2.23. The van der Waals surface area contributed by atoms with Crippen molar-refractivity contribution in [3.05, 3.63) is 17.2 Å². The van der Waals surface area contributed by atoms with E-state index >= 15 is 0 Å². The Labute approximate surface area is 81.5 Å².